The van der Waals surface area contributed by atoms with Crippen molar-refractivity contribution in [2.24, 2.45) is 0 Å². The van der Waals surface area contributed by atoms with Crippen molar-refractivity contribution in [3.8, 4) is 5.75 Å². The summed E-state index contributed by atoms with van der Waals surface area (Å²) in [6, 6.07) is 18.8. The molecular formula is C28H28BrCl3N2O3. The van der Waals surface area contributed by atoms with Gasteiger partial charge < -0.3 is 15.0 Å². The first-order chi connectivity index (χ1) is 17.7. The van der Waals surface area contributed by atoms with E-state index in [0.717, 1.165) is 12.0 Å². The number of amides is 2. The predicted octanol–water partition coefficient (Wildman–Crippen LogP) is 7.34. The van der Waals surface area contributed by atoms with Gasteiger partial charge >= 0.3 is 0 Å². The molecule has 9 heteroatoms. The maximum absolute atomic E-state index is 13.7. The van der Waals surface area contributed by atoms with Gasteiger partial charge in [0.05, 0.1) is 4.47 Å². The number of carbonyl (C=O) groups is 2. The van der Waals surface area contributed by atoms with Crippen molar-refractivity contribution >= 4 is 62.5 Å². The van der Waals surface area contributed by atoms with Gasteiger partial charge in [-0.2, -0.15) is 0 Å². The summed E-state index contributed by atoms with van der Waals surface area (Å²) in [5.41, 5.74) is 1.47. The Balaban J connectivity index is 1.97. The highest BCUT2D eigenvalue weighted by molar-refractivity contribution is 9.10. The van der Waals surface area contributed by atoms with E-state index in [0.29, 0.717) is 37.3 Å². The first-order valence-electron chi connectivity index (χ1n) is 11.8. The predicted molar refractivity (Wildman–Crippen MR) is 153 cm³/mol. The number of ether oxygens (including phenoxy) is 1. The van der Waals surface area contributed by atoms with Crippen LogP contribution in [0.2, 0.25) is 15.1 Å². The molecule has 0 saturated heterocycles. The topological polar surface area (TPSA) is 58.6 Å². The summed E-state index contributed by atoms with van der Waals surface area (Å²) in [7, 11) is 0. The monoisotopic (exact) mass is 624 g/mol. The van der Waals surface area contributed by atoms with Crippen molar-refractivity contribution in [3.05, 3.63) is 97.4 Å². The molecule has 0 aliphatic rings. The van der Waals surface area contributed by atoms with Gasteiger partial charge in [0.25, 0.3) is 5.91 Å². The molecule has 0 bridgehead atoms. The molecule has 0 saturated carbocycles. The average molecular weight is 627 g/mol. The molecule has 3 aromatic carbocycles. The SMILES string of the molecule is CC[C@@H](C)NC(=O)[C@H](Cc1ccccc1)N(Cc1c(Cl)cccc1Cl)C(=O)COc1ccc(Cl)cc1Br. The van der Waals surface area contributed by atoms with Crippen LogP contribution in [0.15, 0.2) is 71.2 Å². The summed E-state index contributed by atoms with van der Waals surface area (Å²) in [5, 5.41) is 4.38. The largest absolute Gasteiger partial charge is 0.483 e. The minimum absolute atomic E-state index is 0.0356. The highest BCUT2D eigenvalue weighted by Crippen LogP contribution is 2.29. The first-order valence-corrected chi connectivity index (χ1v) is 13.8. The molecule has 5 nitrogen and oxygen atoms in total. The molecule has 2 amide bonds. The smallest absolute Gasteiger partial charge is 0.261 e. The number of rotatable bonds is 11. The molecule has 3 aromatic rings. The number of benzene rings is 3. The highest BCUT2D eigenvalue weighted by atomic mass is 79.9. The van der Waals surface area contributed by atoms with Gasteiger partial charge in [-0.05, 0) is 65.2 Å². The van der Waals surface area contributed by atoms with E-state index < -0.39 is 11.9 Å². The van der Waals surface area contributed by atoms with Gasteiger partial charge in [-0.1, -0.05) is 78.1 Å². The molecule has 0 spiro atoms. The Hall–Kier alpha value is -2.25. The second kappa shape index (κ2) is 14.1. The molecule has 0 fully saturated rings. The van der Waals surface area contributed by atoms with Gasteiger partial charge in [-0.25, -0.2) is 0 Å². The third-order valence-corrected chi connectivity index (χ3v) is 7.47. The van der Waals surface area contributed by atoms with Crippen molar-refractivity contribution in [2.75, 3.05) is 6.61 Å². The molecule has 0 aliphatic heterocycles. The Labute approximate surface area is 241 Å². The fourth-order valence-electron chi connectivity index (χ4n) is 3.66. The minimum Gasteiger partial charge on any atom is -0.483 e. The van der Waals surface area contributed by atoms with Crippen LogP contribution in [0.1, 0.15) is 31.4 Å². The van der Waals surface area contributed by atoms with Crippen molar-refractivity contribution in [3.63, 3.8) is 0 Å². The molecular weight excluding hydrogens is 599 g/mol. The van der Waals surface area contributed by atoms with Crippen LogP contribution in [-0.4, -0.2) is 35.4 Å². The first kappa shape index (κ1) is 29.3. The van der Waals surface area contributed by atoms with Crippen molar-refractivity contribution in [1.82, 2.24) is 10.2 Å². The number of nitrogens with one attached hydrogen (secondary N) is 1. The van der Waals surface area contributed by atoms with Gasteiger partial charge in [0.1, 0.15) is 11.8 Å². The lowest BCUT2D eigenvalue weighted by atomic mass is 10.0. The number of hydrogen-bond acceptors (Lipinski definition) is 3. The normalized spacial score (nSPS) is 12.5. The van der Waals surface area contributed by atoms with Crippen LogP contribution in [0.3, 0.4) is 0 Å². The second-order valence-corrected chi connectivity index (χ2v) is 10.7. The zero-order chi connectivity index (χ0) is 26.9. The Bertz CT molecular complexity index is 1210. The lowest BCUT2D eigenvalue weighted by molar-refractivity contribution is -0.143. The van der Waals surface area contributed by atoms with Gasteiger partial charge in [-0.15, -0.1) is 0 Å². The molecule has 0 radical (unpaired) electrons. The van der Waals surface area contributed by atoms with Gasteiger partial charge in [0, 0.05) is 39.6 Å². The van der Waals surface area contributed by atoms with E-state index in [1.165, 1.54) is 4.90 Å². The zero-order valence-corrected chi connectivity index (χ0v) is 24.4. The number of halogens is 4. The van der Waals surface area contributed by atoms with Crippen LogP contribution in [0, 0.1) is 0 Å². The molecule has 196 valence electrons. The van der Waals surface area contributed by atoms with Gasteiger partial charge in [0.15, 0.2) is 6.61 Å². The van der Waals surface area contributed by atoms with Crippen LogP contribution in [-0.2, 0) is 22.6 Å². The number of nitrogens with zero attached hydrogens (tertiary/aromatic N) is 1. The molecule has 0 aromatic heterocycles. The number of carbonyl (C=O) groups excluding carboxylic acids is 2. The third-order valence-electron chi connectivity index (χ3n) is 5.91. The molecule has 0 unspecified atom stereocenters. The Morgan fingerprint density at radius 3 is 2.30 bits per heavy atom. The maximum atomic E-state index is 13.7. The summed E-state index contributed by atoms with van der Waals surface area (Å²) in [5.74, 6) is -0.197. The van der Waals surface area contributed by atoms with E-state index >= 15 is 0 Å². The van der Waals surface area contributed by atoms with Gasteiger partial charge in [0.2, 0.25) is 5.91 Å². The molecule has 0 heterocycles. The van der Waals surface area contributed by atoms with Crippen molar-refractivity contribution < 1.29 is 14.3 Å². The average Bonchev–Trinajstić information content (AvgIpc) is 2.87. The van der Waals surface area contributed by atoms with Crippen LogP contribution in [0.5, 0.6) is 5.75 Å². The van der Waals surface area contributed by atoms with E-state index in [2.05, 4.69) is 21.2 Å². The summed E-state index contributed by atoms with van der Waals surface area (Å²) in [6.45, 7) is 3.65. The Morgan fingerprint density at radius 1 is 1.00 bits per heavy atom. The maximum Gasteiger partial charge on any atom is 0.261 e. The van der Waals surface area contributed by atoms with Crippen molar-refractivity contribution in [1.29, 1.82) is 0 Å². The van der Waals surface area contributed by atoms with Crippen LogP contribution >= 0.6 is 50.7 Å². The summed E-state index contributed by atoms with van der Waals surface area (Å²) < 4.78 is 6.44. The minimum atomic E-state index is -0.825. The summed E-state index contributed by atoms with van der Waals surface area (Å²) in [6.07, 6.45) is 1.06. The number of hydrogen-bond donors (Lipinski definition) is 1. The Kier molecular flexibility index (Phi) is 11.1. The molecule has 0 aliphatic carbocycles. The molecule has 1 N–H and O–H groups in total. The summed E-state index contributed by atoms with van der Waals surface area (Å²) in [4.78, 5) is 28.7. The second-order valence-electron chi connectivity index (χ2n) is 8.61. The van der Waals surface area contributed by atoms with Crippen LogP contribution in [0.25, 0.3) is 0 Å². The Morgan fingerprint density at radius 2 is 1.68 bits per heavy atom. The zero-order valence-electron chi connectivity index (χ0n) is 20.5. The fourth-order valence-corrected chi connectivity index (χ4v) is 4.98. The summed E-state index contributed by atoms with van der Waals surface area (Å²) >= 11 is 22.4. The van der Waals surface area contributed by atoms with E-state index in [-0.39, 0.29) is 25.1 Å². The van der Waals surface area contributed by atoms with Gasteiger partial charge in [-0.3, -0.25) is 9.59 Å². The fraction of sp³-hybridized carbons (Fsp3) is 0.286. The van der Waals surface area contributed by atoms with E-state index in [1.54, 1.807) is 36.4 Å². The quantitative estimate of drug-likeness (QED) is 0.242. The third kappa shape index (κ3) is 8.37. The van der Waals surface area contributed by atoms with E-state index in [9.17, 15) is 9.59 Å². The van der Waals surface area contributed by atoms with Crippen molar-refractivity contribution in [2.45, 2.75) is 45.3 Å². The standard InChI is InChI=1S/C28H28BrCl3N2O3/c1-3-18(2)33-28(36)25(14-19-8-5-4-6-9-19)34(16-21-23(31)10-7-11-24(21)32)27(35)17-37-26-13-12-20(30)15-22(26)29/h4-13,15,18,25H,3,14,16-17H2,1-2H3,(H,33,36)/t18-,25+/m1/s1. The molecule has 37 heavy (non-hydrogen) atoms. The molecule has 2 atom stereocenters. The van der Waals surface area contributed by atoms with E-state index in [4.69, 9.17) is 39.5 Å². The van der Waals surface area contributed by atoms with Crippen LogP contribution in [0.4, 0.5) is 0 Å². The van der Waals surface area contributed by atoms with Crippen LogP contribution < -0.4 is 10.1 Å². The van der Waals surface area contributed by atoms with E-state index in [1.807, 2.05) is 44.2 Å². The lowest BCUT2D eigenvalue weighted by Crippen LogP contribution is -2.53. The lowest BCUT2D eigenvalue weighted by Gasteiger charge is -2.32. The highest BCUT2D eigenvalue weighted by Gasteiger charge is 2.32. The molecule has 3 rings (SSSR count).